The molecule has 8 heteroatoms. The molecule has 1 aliphatic heterocycles. The van der Waals surface area contributed by atoms with E-state index in [0.717, 1.165) is 17.1 Å². The minimum Gasteiger partial charge on any atom is -0.484 e. The number of carbonyl (C=O) groups excluding carboxylic acids is 1. The average molecular weight is 471 g/mol. The Morgan fingerprint density at radius 1 is 1.03 bits per heavy atom. The molecule has 3 heterocycles. The largest absolute Gasteiger partial charge is 0.484 e. The van der Waals surface area contributed by atoms with Gasteiger partial charge in [-0.25, -0.2) is 0 Å². The predicted molar refractivity (Wildman–Crippen MR) is 134 cm³/mol. The van der Waals surface area contributed by atoms with E-state index in [0.29, 0.717) is 16.5 Å². The van der Waals surface area contributed by atoms with E-state index >= 15 is 0 Å². The van der Waals surface area contributed by atoms with Crippen molar-refractivity contribution >= 4 is 34.6 Å². The van der Waals surface area contributed by atoms with Crippen LogP contribution in [-0.2, 0) is 4.79 Å². The van der Waals surface area contributed by atoms with Crippen molar-refractivity contribution in [2.75, 3.05) is 16.8 Å². The first-order valence-corrected chi connectivity index (χ1v) is 11.2. The lowest BCUT2D eigenvalue weighted by Crippen LogP contribution is -2.29. The van der Waals surface area contributed by atoms with Gasteiger partial charge in [0.25, 0.3) is 5.91 Å². The van der Waals surface area contributed by atoms with Gasteiger partial charge in [-0.2, -0.15) is 0 Å². The Kier molecular flexibility index (Phi) is 6.22. The number of aromatic nitrogens is 1. The number of pyridine rings is 1. The number of amides is 1. The number of hydrogen-bond acceptors (Lipinski definition) is 5. The SMILES string of the molecule is O=C(COc1ccccc1)Nc1ccc(N2C(=S)N[C@@H](c3ccccn3)[C@H]2c2ccco2)cc1. The van der Waals surface area contributed by atoms with E-state index in [1.807, 2.05) is 89.8 Å². The summed E-state index contributed by atoms with van der Waals surface area (Å²) in [6, 6.07) is 26.0. The number of nitrogens with zero attached hydrogens (tertiary/aromatic N) is 2. The quantitative estimate of drug-likeness (QED) is 0.373. The van der Waals surface area contributed by atoms with Gasteiger partial charge in [-0.05, 0) is 72.9 Å². The maximum atomic E-state index is 12.3. The highest BCUT2D eigenvalue weighted by Gasteiger charge is 2.42. The molecule has 2 atom stereocenters. The molecule has 1 fully saturated rings. The van der Waals surface area contributed by atoms with Crippen LogP contribution in [0.2, 0.25) is 0 Å². The summed E-state index contributed by atoms with van der Waals surface area (Å²) in [5.74, 6) is 1.19. The number of rotatable bonds is 7. The fourth-order valence-electron chi connectivity index (χ4n) is 3.95. The molecule has 2 aromatic heterocycles. The topological polar surface area (TPSA) is 79.6 Å². The first-order chi connectivity index (χ1) is 16.7. The Hall–Kier alpha value is -4.17. The molecule has 170 valence electrons. The standard InChI is InChI=1S/C26H22N4O3S/c31-23(17-33-20-7-2-1-3-8-20)28-18-11-13-19(14-12-18)30-25(22-10-6-16-32-22)24(29-26(30)34)21-9-4-5-15-27-21/h1-16,24-25H,17H2,(H,28,31)(H,29,34)/t24-,25+/m0/s1. The van der Waals surface area contributed by atoms with Crippen molar-refractivity contribution in [2.24, 2.45) is 0 Å². The molecule has 34 heavy (non-hydrogen) atoms. The normalized spacial score (nSPS) is 17.3. The minimum absolute atomic E-state index is 0.0712. The van der Waals surface area contributed by atoms with Crippen molar-refractivity contribution in [2.45, 2.75) is 12.1 Å². The molecule has 2 N–H and O–H groups in total. The lowest BCUT2D eigenvalue weighted by atomic mass is 10.0. The highest BCUT2D eigenvalue weighted by Crippen LogP contribution is 2.41. The molecule has 1 aliphatic rings. The van der Waals surface area contributed by atoms with Gasteiger partial charge in [0, 0.05) is 17.6 Å². The van der Waals surface area contributed by atoms with E-state index in [1.165, 1.54) is 0 Å². The van der Waals surface area contributed by atoms with Crippen LogP contribution in [-0.4, -0.2) is 22.6 Å². The molecule has 4 aromatic rings. The summed E-state index contributed by atoms with van der Waals surface area (Å²) < 4.78 is 11.3. The van der Waals surface area contributed by atoms with E-state index < -0.39 is 0 Å². The molecule has 5 rings (SSSR count). The number of thiocarbonyl (C=S) groups is 1. The summed E-state index contributed by atoms with van der Waals surface area (Å²) in [7, 11) is 0. The van der Waals surface area contributed by atoms with Crippen LogP contribution >= 0.6 is 12.2 Å². The zero-order chi connectivity index (χ0) is 23.3. The molecule has 1 saturated heterocycles. The smallest absolute Gasteiger partial charge is 0.262 e. The third kappa shape index (κ3) is 4.62. The second-order valence-corrected chi connectivity index (χ2v) is 8.10. The van der Waals surface area contributed by atoms with Crippen molar-refractivity contribution in [3.63, 3.8) is 0 Å². The maximum Gasteiger partial charge on any atom is 0.262 e. The molecule has 0 radical (unpaired) electrons. The fourth-order valence-corrected chi connectivity index (χ4v) is 4.30. The fraction of sp³-hybridized carbons (Fsp3) is 0.115. The van der Waals surface area contributed by atoms with E-state index in [4.69, 9.17) is 21.4 Å². The minimum atomic E-state index is -0.237. The lowest BCUT2D eigenvalue weighted by molar-refractivity contribution is -0.118. The average Bonchev–Trinajstić information content (AvgIpc) is 3.52. The molecule has 0 spiro atoms. The van der Waals surface area contributed by atoms with E-state index in [-0.39, 0.29) is 24.6 Å². The summed E-state index contributed by atoms with van der Waals surface area (Å²) in [6.45, 7) is -0.0712. The second-order valence-electron chi connectivity index (χ2n) is 7.71. The van der Waals surface area contributed by atoms with Gasteiger partial charge >= 0.3 is 0 Å². The van der Waals surface area contributed by atoms with Gasteiger partial charge in [-0.3, -0.25) is 9.78 Å². The molecule has 0 aliphatic carbocycles. The van der Waals surface area contributed by atoms with E-state index in [9.17, 15) is 4.79 Å². The maximum absolute atomic E-state index is 12.3. The highest BCUT2D eigenvalue weighted by atomic mass is 32.1. The number of para-hydroxylation sites is 1. The molecule has 0 bridgehead atoms. The summed E-state index contributed by atoms with van der Waals surface area (Å²) in [4.78, 5) is 18.8. The number of benzene rings is 2. The van der Waals surface area contributed by atoms with Crippen molar-refractivity contribution in [1.82, 2.24) is 10.3 Å². The predicted octanol–water partition coefficient (Wildman–Crippen LogP) is 4.87. The van der Waals surface area contributed by atoms with Gasteiger partial charge in [-0.1, -0.05) is 24.3 Å². The van der Waals surface area contributed by atoms with Crippen LogP contribution in [0.4, 0.5) is 11.4 Å². The third-order valence-electron chi connectivity index (χ3n) is 5.48. The zero-order valence-electron chi connectivity index (χ0n) is 18.1. The van der Waals surface area contributed by atoms with Crippen LogP contribution in [0.3, 0.4) is 0 Å². The molecule has 0 saturated carbocycles. The van der Waals surface area contributed by atoms with Crippen LogP contribution in [0.25, 0.3) is 0 Å². The van der Waals surface area contributed by atoms with Gasteiger partial charge in [0.15, 0.2) is 11.7 Å². The van der Waals surface area contributed by atoms with Gasteiger partial charge in [0.1, 0.15) is 17.6 Å². The summed E-state index contributed by atoms with van der Waals surface area (Å²) in [6.07, 6.45) is 3.42. The Bertz CT molecular complexity index is 1250. The van der Waals surface area contributed by atoms with E-state index in [1.54, 1.807) is 12.5 Å². The molecule has 1 amide bonds. The summed E-state index contributed by atoms with van der Waals surface area (Å²) >= 11 is 5.69. The molecule has 0 unspecified atom stereocenters. The lowest BCUT2D eigenvalue weighted by Gasteiger charge is -2.26. The summed E-state index contributed by atoms with van der Waals surface area (Å²) in [5.41, 5.74) is 2.41. The van der Waals surface area contributed by atoms with Crippen molar-refractivity contribution in [3.8, 4) is 5.75 Å². The number of furan rings is 1. The number of ether oxygens (including phenoxy) is 1. The Morgan fingerprint density at radius 2 is 1.82 bits per heavy atom. The van der Waals surface area contributed by atoms with Gasteiger partial charge in [0.05, 0.1) is 18.0 Å². The molecule has 7 nitrogen and oxygen atoms in total. The van der Waals surface area contributed by atoms with Crippen molar-refractivity contribution in [3.05, 3.63) is 109 Å². The van der Waals surface area contributed by atoms with Crippen LogP contribution < -0.4 is 20.3 Å². The number of anilines is 2. The number of hydrogen-bond donors (Lipinski definition) is 2. The number of carbonyl (C=O) groups is 1. The van der Waals surface area contributed by atoms with Crippen LogP contribution in [0.5, 0.6) is 5.75 Å². The number of nitrogens with one attached hydrogen (secondary N) is 2. The van der Waals surface area contributed by atoms with Crippen LogP contribution in [0, 0.1) is 0 Å². The second kappa shape index (κ2) is 9.76. The molecular weight excluding hydrogens is 448 g/mol. The monoisotopic (exact) mass is 470 g/mol. The Labute approximate surface area is 202 Å². The van der Waals surface area contributed by atoms with Gasteiger partial charge < -0.3 is 24.7 Å². The van der Waals surface area contributed by atoms with Gasteiger partial charge in [0.2, 0.25) is 0 Å². The zero-order valence-corrected chi connectivity index (χ0v) is 18.9. The molecular formula is C26H22N4O3S. The first-order valence-electron chi connectivity index (χ1n) is 10.8. The summed E-state index contributed by atoms with van der Waals surface area (Å²) in [5, 5.41) is 6.81. The third-order valence-corrected chi connectivity index (χ3v) is 5.79. The Morgan fingerprint density at radius 3 is 2.53 bits per heavy atom. The highest BCUT2D eigenvalue weighted by molar-refractivity contribution is 7.80. The van der Waals surface area contributed by atoms with Crippen molar-refractivity contribution < 1.29 is 13.9 Å². The van der Waals surface area contributed by atoms with Crippen LogP contribution in [0.15, 0.2) is 102 Å². The van der Waals surface area contributed by atoms with Crippen LogP contribution in [0.1, 0.15) is 23.5 Å². The van der Waals surface area contributed by atoms with E-state index in [2.05, 4.69) is 15.6 Å². The van der Waals surface area contributed by atoms with Crippen molar-refractivity contribution in [1.29, 1.82) is 0 Å². The Balaban J connectivity index is 1.32. The first kappa shape index (κ1) is 21.7. The molecule has 2 aromatic carbocycles. The van der Waals surface area contributed by atoms with Gasteiger partial charge in [-0.15, -0.1) is 0 Å².